The summed E-state index contributed by atoms with van der Waals surface area (Å²) in [5.74, 6) is 0.633. The second-order valence-corrected chi connectivity index (χ2v) is 8.08. The summed E-state index contributed by atoms with van der Waals surface area (Å²) in [6.45, 7) is 6.50. The Morgan fingerprint density at radius 3 is 2.44 bits per heavy atom. The fourth-order valence-electron chi connectivity index (χ4n) is 3.65. The Hall–Kier alpha value is -4.13. The Morgan fingerprint density at radius 2 is 1.74 bits per heavy atom. The summed E-state index contributed by atoms with van der Waals surface area (Å²) in [4.78, 5) is 25.6. The van der Waals surface area contributed by atoms with Crippen LogP contribution < -0.4 is 15.4 Å². The minimum absolute atomic E-state index is 0.174. The van der Waals surface area contributed by atoms with Gasteiger partial charge < -0.3 is 19.9 Å². The maximum atomic E-state index is 13.3. The van der Waals surface area contributed by atoms with Gasteiger partial charge >= 0.3 is 0 Å². The molecule has 7 heteroatoms. The highest BCUT2D eigenvalue weighted by Crippen LogP contribution is 2.28. The molecule has 0 aliphatic carbocycles. The molecular formula is C27H27N3O4. The summed E-state index contributed by atoms with van der Waals surface area (Å²) in [5.41, 5.74) is 3.01. The summed E-state index contributed by atoms with van der Waals surface area (Å²) >= 11 is 0. The van der Waals surface area contributed by atoms with Gasteiger partial charge in [0.2, 0.25) is 0 Å². The minimum Gasteiger partial charge on any atom is -0.488 e. The lowest BCUT2D eigenvalue weighted by Gasteiger charge is -2.14. The van der Waals surface area contributed by atoms with Crippen LogP contribution in [0.3, 0.4) is 0 Å². The van der Waals surface area contributed by atoms with Crippen molar-refractivity contribution in [2.24, 2.45) is 0 Å². The number of amides is 2. The average molecular weight is 458 g/mol. The smallest absolute Gasteiger partial charge is 0.259 e. The van der Waals surface area contributed by atoms with E-state index in [9.17, 15) is 9.59 Å². The number of benzene rings is 3. The summed E-state index contributed by atoms with van der Waals surface area (Å²) in [5, 5.41) is 11.6. The quantitative estimate of drug-likeness (QED) is 0.369. The lowest BCUT2D eigenvalue weighted by molar-refractivity contribution is 0.0952. The molecule has 4 aromatic rings. The van der Waals surface area contributed by atoms with E-state index < -0.39 is 0 Å². The van der Waals surface area contributed by atoms with Crippen LogP contribution in [0.5, 0.6) is 5.75 Å². The summed E-state index contributed by atoms with van der Waals surface area (Å²) in [6, 6.07) is 18.3. The fraction of sp³-hybridized carbons (Fsp3) is 0.222. The van der Waals surface area contributed by atoms with Gasteiger partial charge in [-0.3, -0.25) is 9.59 Å². The number of ether oxygens (including phenoxy) is 1. The van der Waals surface area contributed by atoms with E-state index >= 15 is 0 Å². The van der Waals surface area contributed by atoms with Gasteiger partial charge in [0, 0.05) is 17.8 Å². The first kappa shape index (κ1) is 23.0. The maximum absolute atomic E-state index is 13.3. The highest BCUT2D eigenvalue weighted by Gasteiger charge is 2.17. The Labute approximate surface area is 198 Å². The molecule has 34 heavy (non-hydrogen) atoms. The van der Waals surface area contributed by atoms with Crippen LogP contribution in [0, 0.1) is 13.8 Å². The molecule has 4 rings (SSSR count). The number of nitrogens with zero attached hydrogens (tertiary/aromatic N) is 1. The number of carbonyl (C=O) groups is 2. The lowest BCUT2D eigenvalue weighted by atomic mass is 10.0. The van der Waals surface area contributed by atoms with Gasteiger partial charge in [0.25, 0.3) is 11.8 Å². The first-order valence-electron chi connectivity index (χ1n) is 11.2. The van der Waals surface area contributed by atoms with Gasteiger partial charge in [0.1, 0.15) is 18.1 Å². The van der Waals surface area contributed by atoms with Crippen molar-refractivity contribution in [3.63, 3.8) is 0 Å². The molecule has 0 fully saturated rings. The van der Waals surface area contributed by atoms with Crippen LogP contribution in [0.1, 0.15) is 51.1 Å². The van der Waals surface area contributed by atoms with Crippen molar-refractivity contribution >= 4 is 28.3 Å². The van der Waals surface area contributed by atoms with Crippen LogP contribution >= 0.6 is 0 Å². The standard InChI is InChI=1S/C27H27N3O4/c1-4-12-28-26(31)21-10-7-11-22(13-21)29-27(32)23-14-19-8-5-6-9-20(19)15-25(23)33-16-24-17(2)30-34-18(24)3/h5-11,13-15H,4,12,16H2,1-3H3,(H,28,31)(H,29,32). The molecule has 174 valence electrons. The molecule has 0 aliphatic rings. The Bertz CT molecular complexity index is 1320. The first-order chi connectivity index (χ1) is 16.5. The number of rotatable bonds is 8. The summed E-state index contributed by atoms with van der Waals surface area (Å²) < 4.78 is 11.3. The van der Waals surface area contributed by atoms with Crippen LogP contribution in [0.25, 0.3) is 10.8 Å². The number of anilines is 1. The topological polar surface area (TPSA) is 93.5 Å². The van der Waals surface area contributed by atoms with Gasteiger partial charge in [-0.2, -0.15) is 0 Å². The zero-order valence-electron chi connectivity index (χ0n) is 19.5. The SMILES string of the molecule is CCCNC(=O)c1cccc(NC(=O)c2cc3ccccc3cc2OCc2c(C)noc2C)c1. The van der Waals surface area contributed by atoms with E-state index in [0.29, 0.717) is 34.9 Å². The van der Waals surface area contributed by atoms with Crippen LogP contribution in [0.15, 0.2) is 65.2 Å². The minimum atomic E-state index is -0.328. The second kappa shape index (κ2) is 10.2. The first-order valence-corrected chi connectivity index (χ1v) is 11.2. The molecule has 7 nitrogen and oxygen atoms in total. The lowest BCUT2D eigenvalue weighted by Crippen LogP contribution is -2.24. The van der Waals surface area contributed by atoms with Gasteiger partial charge in [0.15, 0.2) is 0 Å². The van der Waals surface area contributed by atoms with E-state index in [1.165, 1.54) is 0 Å². The molecular weight excluding hydrogens is 430 g/mol. The zero-order valence-corrected chi connectivity index (χ0v) is 19.5. The number of nitrogens with one attached hydrogen (secondary N) is 2. The van der Waals surface area contributed by atoms with Gasteiger partial charge in [-0.25, -0.2) is 0 Å². The molecule has 0 aliphatic heterocycles. The van der Waals surface area contributed by atoms with Crippen LogP contribution in [-0.2, 0) is 6.61 Å². The molecule has 0 saturated heterocycles. The molecule has 0 bridgehead atoms. The van der Waals surface area contributed by atoms with Gasteiger partial charge in [-0.15, -0.1) is 0 Å². The maximum Gasteiger partial charge on any atom is 0.259 e. The molecule has 1 heterocycles. The van der Waals surface area contributed by atoms with E-state index in [2.05, 4.69) is 15.8 Å². The number of hydrogen-bond acceptors (Lipinski definition) is 5. The summed E-state index contributed by atoms with van der Waals surface area (Å²) in [6.07, 6.45) is 0.848. The van der Waals surface area contributed by atoms with E-state index in [-0.39, 0.29) is 18.4 Å². The fourth-order valence-corrected chi connectivity index (χ4v) is 3.65. The van der Waals surface area contributed by atoms with Crippen molar-refractivity contribution in [2.75, 3.05) is 11.9 Å². The van der Waals surface area contributed by atoms with Crippen LogP contribution in [0.4, 0.5) is 5.69 Å². The predicted octanol–water partition coefficient (Wildman–Crippen LogP) is 5.42. The van der Waals surface area contributed by atoms with Crippen molar-refractivity contribution in [1.29, 1.82) is 0 Å². The van der Waals surface area contributed by atoms with Crippen LogP contribution in [-0.4, -0.2) is 23.5 Å². The molecule has 3 aromatic carbocycles. The molecule has 0 radical (unpaired) electrons. The van der Waals surface area contributed by atoms with Crippen LogP contribution in [0.2, 0.25) is 0 Å². The molecule has 0 unspecified atom stereocenters. The predicted molar refractivity (Wildman–Crippen MR) is 131 cm³/mol. The van der Waals surface area contributed by atoms with Gasteiger partial charge in [-0.1, -0.05) is 42.4 Å². The monoisotopic (exact) mass is 457 g/mol. The van der Waals surface area contributed by atoms with Crippen molar-refractivity contribution in [3.8, 4) is 5.75 Å². The number of fused-ring (bicyclic) bond motifs is 1. The van der Waals surface area contributed by atoms with Gasteiger partial charge in [0.05, 0.1) is 16.8 Å². The second-order valence-electron chi connectivity index (χ2n) is 8.08. The molecule has 0 saturated carbocycles. The number of aromatic nitrogens is 1. The van der Waals surface area contributed by atoms with E-state index in [0.717, 1.165) is 28.5 Å². The third-order valence-corrected chi connectivity index (χ3v) is 5.56. The van der Waals surface area contributed by atoms with Gasteiger partial charge in [-0.05, 0) is 61.4 Å². The van der Waals surface area contributed by atoms with E-state index in [4.69, 9.17) is 9.26 Å². The van der Waals surface area contributed by atoms with E-state index in [1.54, 1.807) is 24.3 Å². The van der Waals surface area contributed by atoms with Crippen molar-refractivity contribution in [2.45, 2.75) is 33.8 Å². The van der Waals surface area contributed by atoms with Crippen molar-refractivity contribution in [3.05, 3.63) is 88.8 Å². The number of aryl methyl sites for hydroxylation is 2. The summed E-state index contributed by atoms with van der Waals surface area (Å²) in [7, 11) is 0. The number of hydrogen-bond donors (Lipinski definition) is 2. The average Bonchev–Trinajstić information content (AvgIpc) is 3.17. The number of carbonyl (C=O) groups excluding carboxylic acids is 2. The molecule has 1 aromatic heterocycles. The Morgan fingerprint density at radius 1 is 0.971 bits per heavy atom. The van der Waals surface area contributed by atoms with Crippen molar-refractivity contribution in [1.82, 2.24) is 10.5 Å². The largest absolute Gasteiger partial charge is 0.488 e. The highest BCUT2D eigenvalue weighted by atomic mass is 16.5. The molecule has 2 amide bonds. The van der Waals surface area contributed by atoms with Crippen molar-refractivity contribution < 1.29 is 18.8 Å². The molecule has 2 N–H and O–H groups in total. The molecule has 0 atom stereocenters. The van der Waals surface area contributed by atoms with E-state index in [1.807, 2.05) is 57.2 Å². The third kappa shape index (κ3) is 5.09. The zero-order chi connectivity index (χ0) is 24.1. The third-order valence-electron chi connectivity index (χ3n) is 5.56. The highest BCUT2D eigenvalue weighted by molar-refractivity contribution is 6.09. The normalized spacial score (nSPS) is 10.8. The Kier molecular flexibility index (Phi) is 6.92. The Balaban J connectivity index is 1.61. The molecule has 0 spiro atoms.